The maximum absolute atomic E-state index is 6.08. The van der Waals surface area contributed by atoms with E-state index in [0.717, 1.165) is 36.3 Å². The molecule has 0 atom stereocenters. The molecular weight excluding hydrogens is 466 g/mol. The van der Waals surface area contributed by atoms with Gasteiger partial charge >= 0.3 is 0 Å². The van der Waals surface area contributed by atoms with Crippen molar-refractivity contribution in [1.82, 2.24) is 9.55 Å². The number of hydrogen-bond acceptors (Lipinski definition) is 2. The second-order valence-corrected chi connectivity index (χ2v) is 6.91. The van der Waals surface area contributed by atoms with Gasteiger partial charge in [0.1, 0.15) is 11.6 Å². The van der Waals surface area contributed by atoms with Gasteiger partial charge in [-0.2, -0.15) is 0 Å². The van der Waals surface area contributed by atoms with E-state index < -0.39 is 0 Å². The smallest absolute Gasteiger partial charge is 0.129 e. The van der Waals surface area contributed by atoms with Crippen molar-refractivity contribution in [2.45, 2.75) is 5.88 Å². The van der Waals surface area contributed by atoms with E-state index in [-0.39, 0.29) is 0 Å². The second-order valence-electron chi connectivity index (χ2n) is 4.48. The maximum Gasteiger partial charge on any atom is 0.129 e. The van der Waals surface area contributed by atoms with Crippen LogP contribution in [0.15, 0.2) is 40.9 Å². The Balaban J connectivity index is 2.30. The van der Waals surface area contributed by atoms with Gasteiger partial charge in [-0.05, 0) is 52.9 Å². The van der Waals surface area contributed by atoms with Gasteiger partial charge in [-0.3, -0.25) is 4.57 Å². The molecule has 108 valence electrons. The average molecular weight is 478 g/mol. The van der Waals surface area contributed by atoms with E-state index in [0.29, 0.717) is 5.88 Å². The van der Waals surface area contributed by atoms with Crippen molar-refractivity contribution in [3.63, 3.8) is 0 Å². The Morgan fingerprint density at radius 3 is 2.81 bits per heavy atom. The summed E-state index contributed by atoms with van der Waals surface area (Å²) in [6.07, 6.45) is 0. The number of fused-ring (bicyclic) bond motifs is 1. The summed E-state index contributed by atoms with van der Waals surface area (Å²) in [4.78, 5) is 4.62. The Morgan fingerprint density at radius 1 is 1.29 bits per heavy atom. The van der Waals surface area contributed by atoms with Crippen LogP contribution in [0, 0.1) is 3.57 Å². The van der Waals surface area contributed by atoms with Gasteiger partial charge in [0, 0.05) is 14.1 Å². The lowest BCUT2D eigenvalue weighted by Gasteiger charge is -2.10. The number of alkyl halides is 1. The summed E-state index contributed by atoms with van der Waals surface area (Å²) in [5, 5.41) is 0. The summed E-state index contributed by atoms with van der Waals surface area (Å²) in [5.41, 5.74) is 2.95. The van der Waals surface area contributed by atoms with E-state index in [2.05, 4.69) is 66.3 Å². The lowest BCUT2D eigenvalue weighted by Crippen LogP contribution is -2.00. The summed E-state index contributed by atoms with van der Waals surface area (Å²) >= 11 is 11.9. The van der Waals surface area contributed by atoms with Crippen LogP contribution in [0.3, 0.4) is 0 Å². The minimum absolute atomic E-state index is 0.347. The molecule has 1 aromatic heterocycles. The van der Waals surface area contributed by atoms with E-state index in [1.165, 1.54) is 0 Å². The fourth-order valence-electron chi connectivity index (χ4n) is 2.28. The van der Waals surface area contributed by atoms with Gasteiger partial charge in [-0.1, -0.05) is 15.9 Å². The molecule has 0 radical (unpaired) electrons. The van der Waals surface area contributed by atoms with E-state index in [9.17, 15) is 0 Å². The van der Waals surface area contributed by atoms with Crippen LogP contribution in [0.5, 0.6) is 5.75 Å². The number of halogens is 3. The quantitative estimate of drug-likeness (QED) is 0.386. The van der Waals surface area contributed by atoms with Gasteiger partial charge in [0.2, 0.25) is 0 Å². The largest absolute Gasteiger partial charge is 0.497 e. The normalized spacial score (nSPS) is 11.0. The van der Waals surface area contributed by atoms with Gasteiger partial charge in [-0.15, -0.1) is 11.6 Å². The first-order chi connectivity index (χ1) is 10.1. The van der Waals surface area contributed by atoms with Crippen molar-refractivity contribution in [3.05, 3.63) is 50.3 Å². The third-order valence-corrected chi connectivity index (χ3v) is 4.52. The number of ether oxygens (including phenoxy) is 1. The monoisotopic (exact) mass is 476 g/mol. The maximum atomic E-state index is 6.08. The predicted molar refractivity (Wildman–Crippen MR) is 97.6 cm³/mol. The molecule has 6 heteroatoms. The van der Waals surface area contributed by atoms with Crippen molar-refractivity contribution < 1.29 is 4.74 Å². The molecule has 0 aliphatic heterocycles. The molecular formula is C15H11BrClIN2O. The summed E-state index contributed by atoms with van der Waals surface area (Å²) in [7, 11) is 1.66. The van der Waals surface area contributed by atoms with E-state index in [1.54, 1.807) is 7.11 Å². The first kappa shape index (κ1) is 15.1. The molecule has 3 rings (SSSR count). The highest BCUT2D eigenvalue weighted by molar-refractivity contribution is 14.1. The van der Waals surface area contributed by atoms with Gasteiger partial charge in [0.25, 0.3) is 0 Å². The molecule has 3 aromatic rings. The molecule has 0 N–H and O–H groups in total. The van der Waals surface area contributed by atoms with Crippen molar-refractivity contribution in [1.29, 1.82) is 0 Å². The number of imidazole rings is 1. The number of rotatable bonds is 3. The van der Waals surface area contributed by atoms with E-state index in [4.69, 9.17) is 16.3 Å². The second kappa shape index (κ2) is 6.14. The lowest BCUT2D eigenvalue weighted by molar-refractivity contribution is 0.414. The van der Waals surface area contributed by atoms with Crippen LogP contribution >= 0.6 is 50.1 Å². The Labute approximate surface area is 149 Å². The Hall–Kier alpha value is -0.790. The molecule has 0 saturated carbocycles. The molecule has 0 fully saturated rings. The molecule has 21 heavy (non-hydrogen) atoms. The molecule has 0 spiro atoms. The molecule has 0 aliphatic carbocycles. The van der Waals surface area contributed by atoms with Gasteiger partial charge in [0.15, 0.2) is 0 Å². The first-order valence-electron chi connectivity index (χ1n) is 6.20. The summed E-state index contributed by atoms with van der Waals surface area (Å²) < 4.78 is 9.50. The van der Waals surface area contributed by atoms with Crippen LogP contribution in [0.4, 0.5) is 0 Å². The zero-order valence-electron chi connectivity index (χ0n) is 11.1. The zero-order valence-corrected chi connectivity index (χ0v) is 15.6. The fourth-order valence-corrected chi connectivity index (χ4v) is 3.39. The van der Waals surface area contributed by atoms with Crippen LogP contribution in [0.1, 0.15) is 5.82 Å². The highest BCUT2D eigenvalue weighted by Crippen LogP contribution is 2.29. The lowest BCUT2D eigenvalue weighted by atomic mass is 10.2. The van der Waals surface area contributed by atoms with Crippen molar-refractivity contribution in [2.24, 2.45) is 0 Å². The van der Waals surface area contributed by atoms with Gasteiger partial charge in [-0.25, -0.2) is 4.98 Å². The Kier molecular flexibility index (Phi) is 4.42. The Bertz CT molecular complexity index is 819. The van der Waals surface area contributed by atoms with Crippen LogP contribution in [-0.2, 0) is 5.88 Å². The molecule has 3 nitrogen and oxygen atoms in total. The summed E-state index contributed by atoms with van der Waals surface area (Å²) in [6, 6.07) is 12.1. The highest BCUT2D eigenvalue weighted by atomic mass is 127. The number of nitrogens with zero attached hydrogens (tertiary/aromatic N) is 2. The molecule has 0 amide bonds. The fraction of sp³-hybridized carbons (Fsp3) is 0.133. The molecule has 1 heterocycles. The SMILES string of the molecule is COc1cc(Br)cc(-n2c(CCl)nc3cc(I)ccc32)c1. The summed E-state index contributed by atoms with van der Waals surface area (Å²) in [6.45, 7) is 0. The van der Waals surface area contributed by atoms with Crippen LogP contribution in [0.25, 0.3) is 16.7 Å². The number of methoxy groups -OCH3 is 1. The van der Waals surface area contributed by atoms with E-state index >= 15 is 0 Å². The topological polar surface area (TPSA) is 27.1 Å². The van der Waals surface area contributed by atoms with Crippen molar-refractivity contribution >= 4 is 61.2 Å². The first-order valence-corrected chi connectivity index (χ1v) is 8.61. The predicted octanol–water partition coefficient (Wildman–Crippen LogP) is 5.14. The molecule has 0 unspecified atom stereocenters. The average Bonchev–Trinajstić information content (AvgIpc) is 2.83. The number of benzene rings is 2. The standard InChI is InChI=1S/C15H11BrClIN2O/c1-21-12-5-9(16)4-11(7-12)20-14-3-2-10(18)6-13(14)19-15(20)8-17/h2-7H,8H2,1H3. The molecule has 0 bridgehead atoms. The molecule has 2 aromatic carbocycles. The third-order valence-electron chi connectivity index (χ3n) is 3.16. The minimum Gasteiger partial charge on any atom is -0.497 e. The number of aromatic nitrogens is 2. The third kappa shape index (κ3) is 2.91. The Morgan fingerprint density at radius 2 is 2.10 bits per heavy atom. The van der Waals surface area contributed by atoms with E-state index in [1.807, 2.05) is 18.2 Å². The molecule has 0 saturated heterocycles. The van der Waals surface area contributed by atoms with Crippen LogP contribution < -0.4 is 4.74 Å². The van der Waals surface area contributed by atoms with Gasteiger partial charge < -0.3 is 4.74 Å². The van der Waals surface area contributed by atoms with Crippen LogP contribution in [0.2, 0.25) is 0 Å². The van der Waals surface area contributed by atoms with Gasteiger partial charge in [0.05, 0.1) is 29.7 Å². The number of hydrogen-bond donors (Lipinski definition) is 0. The van der Waals surface area contributed by atoms with Crippen molar-refractivity contribution in [2.75, 3.05) is 7.11 Å². The minimum atomic E-state index is 0.347. The molecule has 0 aliphatic rings. The highest BCUT2D eigenvalue weighted by Gasteiger charge is 2.13. The van der Waals surface area contributed by atoms with Crippen LogP contribution in [-0.4, -0.2) is 16.7 Å². The zero-order chi connectivity index (χ0) is 15.0. The summed E-state index contributed by atoms with van der Waals surface area (Å²) in [5.74, 6) is 1.95. The van der Waals surface area contributed by atoms with Crippen molar-refractivity contribution in [3.8, 4) is 11.4 Å².